The molecule has 2 unspecified atom stereocenters. The van der Waals surface area contributed by atoms with Gasteiger partial charge in [0, 0.05) is 24.7 Å². The van der Waals surface area contributed by atoms with E-state index in [2.05, 4.69) is 31.0 Å². The highest BCUT2D eigenvalue weighted by molar-refractivity contribution is 5.80. The molecule has 0 amide bonds. The second kappa shape index (κ2) is 6.66. The third-order valence-corrected chi connectivity index (χ3v) is 4.69. The maximum absolute atomic E-state index is 12.2. The van der Waals surface area contributed by atoms with Gasteiger partial charge in [-0.15, -0.1) is 0 Å². The van der Waals surface area contributed by atoms with Gasteiger partial charge in [-0.1, -0.05) is 0 Å². The van der Waals surface area contributed by atoms with E-state index in [0.717, 1.165) is 18.4 Å². The molecular weight excluding hydrogens is 264 g/mol. The average Bonchev–Trinajstić information content (AvgIpc) is 3.25. The molecule has 21 heavy (non-hydrogen) atoms. The zero-order valence-corrected chi connectivity index (χ0v) is 14.3. The highest BCUT2D eigenvalue weighted by atomic mass is 16.5. The molecule has 0 aromatic carbocycles. The van der Waals surface area contributed by atoms with Crippen LogP contribution >= 0.6 is 0 Å². The number of hydrogen-bond acceptors (Lipinski definition) is 4. The Kier molecular flexibility index (Phi) is 5.31. The van der Waals surface area contributed by atoms with Gasteiger partial charge in [-0.3, -0.25) is 15.0 Å². The second-order valence-corrected chi connectivity index (χ2v) is 7.55. The molecule has 0 saturated heterocycles. The lowest BCUT2D eigenvalue weighted by molar-refractivity contribution is -0.149. The minimum Gasteiger partial charge on any atom is -0.468 e. The monoisotopic (exact) mass is 296 g/mol. The first-order valence-corrected chi connectivity index (χ1v) is 8.47. The van der Waals surface area contributed by atoms with Gasteiger partial charge in [-0.2, -0.15) is 0 Å². The average molecular weight is 296 g/mol. The van der Waals surface area contributed by atoms with Gasteiger partial charge in [0.1, 0.15) is 5.54 Å². The number of esters is 1. The van der Waals surface area contributed by atoms with Crippen molar-refractivity contribution < 1.29 is 9.53 Å². The number of carbonyl (C=O) groups excluding carboxylic acids is 1. The third kappa shape index (κ3) is 4.68. The smallest absolute Gasteiger partial charge is 0.325 e. The van der Waals surface area contributed by atoms with E-state index >= 15 is 0 Å². The highest BCUT2D eigenvalue weighted by Crippen LogP contribution is 2.37. The van der Waals surface area contributed by atoms with Crippen LogP contribution in [0.15, 0.2) is 0 Å². The van der Waals surface area contributed by atoms with Gasteiger partial charge in [0.15, 0.2) is 0 Å². The van der Waals surface area contributed by atoms with Crippen LogP contribution in [0.3, 0.4) is 0 Å². The summed E-state index contributed by atoms with van der Waals surface area (Å²) in [6.45, 7) is 9.62. The largest absolute Gasteiger partial charge is 0.468 e. The zero-order valence-electron chi connectivity index (χ0n) is 14.3. The molecule has 4 heteroatoms. The lowest BCUT2D eigenvalue weighted by Crippen LogP contribution is -2.56. The van der Waals surface area contributed by atoms with Crippen molar-refractivity contribution in [3.8, 4) is 0 Å². The van der Waals surface area contributed by atoms with Crippen LogP contribution in [0.25, 0.3) is 0 Å². The summed E-state index contributed by atoms with van der Waals surface area (Å²) in [7, 11) is 1.48. The Balaban J connectivity index is 2.00. The van der Waals surface area contributed by atoms with Crippen molar-refractivity contribution >= 4 is 5.97 Å². The first kappa shape index (κ1) is 16.8. The van der Waals surface area contributed by atoms with Gasteiger partial charge < -0.3 is 4.74 Å². The topological polar surface area (TPSA) is 41.6 Å². The molecule has 0 aromatic rings. The van der Waals surface area contributed by atoms with Gasteiger partial charge in [0.2, 0.25) is 0 Å². The molecule has 2 aliphatic rings. The summed E-state index contributed by atoms with van der Waals surface area (Å²) < 4.78 is 5.05. The fraction of sp³-hybridized carbons (Fsp3) is 0.941. The molecule has 2 fully saturated rings. The maximum atomic E-state index is 12.2. The molecule has 0 radical (unpaired) electrons. The lowest BCUT2D eigenvalue weighted by Gasteiger charge is -2.37. The van der Waals surface area contributed by atoms with Gasteiger partial charge in [-0.05, 0) is 65.7 Å². The number of nitrogens with zero attached hydrogens (tertiary/aromatic N) is 1. The number of carbonyl (C=O) groups is 1. The molecule has 1 N–H and O–H groups in total. The standard InChI is InChI=1S/C17H32N2O2/c1-12(2)18-17(4,16(20)21-5)10-13(3)19(15-8-9-15)11-14-6-7-14/h12-15,18H,6-11H2,1-5H3. The van der Waals surface area contributed by atoms with Crippen LogP contribution in [0, 0.1) is 5.92 Å². The third-order valence-electron chi connectivity index (χ3n) is 4.69. The Labute approximate surface area is 129 Å². The van der Waals surface area contributed by atoms with Crippen molar-refractivity contribution in [2.24, 2.45) is 5.92 Å². The summed E-state index contributed by atoms with van der Waals surface area (Å²) in [6, 6.07) is 1.43. The molecule has 2 rings (SSSR count). The molecule has 2 saturated carbocycles. The molecule has 2 aliphatic carbocycles. The first-order valence-electron chi connectivity index (χ1n) is 8.47. The number of nitrogens with one attached hydrogen (secondary N) is 1. The Morgan fingerprint density at radius 1 is 1.29 bits per heavy atom. The Bertz CT molecular complexity index is 364. The minimum atomic E-state index is -0.598. The number of methoxy groups -OCH3 is 1. The van der Waals surface area contributed by atoms with Crippen LogP contribution < -0.4 is 5.32 Å². The Morgan fingerprint density at radius 2 is 1.90 bits per heavy atom. The van der Waals surface area contributed by atoms with E-state index in [0.29, 0.717) is 6.04 Å². The fourth-order valence-corrected chi connectivity index (χ4v) is 3.47. The van der Waals surface area contributed by atoms with E-state index in [1.54, 1.807) is 0 Å². The van der Waals surface area contributed by atoms with Gasteiger partial charge in [-0.25, -0.2) is 0 Å². The summed E-state index contributed by atoms with van der Waals surface area (Å²) in [6.07, 6.45) is 6.22. The van der Waals surface area contributed by atoms with Crippen LogP contribution in [-0.4, -0.2) is 48.2 Å². The van der Waals surface area contributed by atoms with Gasteiger partial charge in [0.25, 0.3) is 0 Å². The zero-order chi connectivity index (χ0) is 15.6. The molecule has 0 spiro atoms. The summed E-state index contributed by atoms with van der Waals surface area (Å²) in [4.78, 5) is 14.9. The van der Waals surface area contributed by atoms with E-state index in [1.165, 1.54) is 39.3 Å². The van der Waals surface area contributed by atoms with E-state index < -0.39 is 5.54 Å². The Morgan fingerprint density at radius 3 is 2.33 bits per heavy atom. The van der Waals surface area contributed by atoms with Crippen molar-refractivity contribution in [1.29, 1.82) is 0 Å². The maximum Gasteiger partial charge on any atom is 0.325 e. The molecule has 0 bridgehead atoms. The van der Waals surface area contributed by atoms with Crippen LogP contribution in [0.2, 0.25) is 0 Å². The quantitative estimate of drug-likeness (QED) is 0.664. The van der Waals surface area contributed by atoms with E-state index in [1.807, 2.05) is 6.92 Å². The van der Waals surface area contributed by atoms with E-state index in [9.17, 15) is 4.79 Å². The van der Waals surface area contributed by atoms with Crippen molar-refractivity contribution in [1.82, 2.24) is 10.2 Å². The Hall–Kier alpha value is -0.610. The van der Waals surface area contributed by atoms with Gasteiger partial charge >= 0.3 is 5.97 Å². The van der Waals surface area contributed by atoms with Crippen molar-refractivity contribution in [2.75, 3.05) is 13.7 Å². The summed E-state index contributed by atoms with van der Waals surface area (Å²) in [5.74, 6) is 0.751. The number of hydrogen-bond donors (Lipinski definition) is 1. The SMILES string of the molecule is COC(=O)C(C)(CC(C)N(CC1CC1)C1CC1)NC(C)C. The van der Waals surface area contributed by atoms with Crippen LogP contribution in [-0.2, 0) is 9.53 Å². The number of rotatable bonds is 9. The predicted octanol–water partition coefficient (Wildman–Crippen LogP) is 2.57. The molecular formula is C17H32N2O2. The van der Waals surface area contributed by atoms with Crippen LogP contribution in [0.5, 0.6) is 0 Å². The molecule has 122 valence electrons. The normalized spacial score (nSPS) is 23.2. The van der Waals surface area contributed by atoms with Crippen LogP contribution in [0.4, 0.5) is 0 Å². The molecule has 2 atom stereocenters. The van der Waals surface area contributed by atoms with E-state index in [4.69, 9.17) is 4.74 Å². The van der Waals surface area contributed by atoms with Gasteiger partial charge in [0.05, 0.1) is 7.11 Å². The predicted molar refractivity (Wildman–Crippen MR) is 85.2 cm³/mol. The summed E-state index contributed by atoms with van der Waals surface area (Å²) in [5, 5.41) is 3.42. The molecule has 4 nitrogen and oxygen atoms in total. The second-order valence-electron chi connectivity index (χ2n) is 7.55. The fourth-order valence-electron chi connectivity index (χ4n) is 3.47. The molecule has 0 aliphatic heterocycles. The van der Waals surface area contributed by atoms with Crippen molar-refractivity contribution in [2.45, 2.75) is 83.5 Å². The van der Waals surface area contributed by atoms with E-state index in [-0.39, 0.29) is 12.0 Å². The molecule has 0 heterocycles. The summed E-state index contributed by atoms with van der Waals surface area (Å²) in [5.41, 5.74) is -0.598. The number of ether oxygens (including phenoxy) is 1. The summed E-state index contributed by atoms with van der Waals surface area (Å²) >= 11 is 0. The lowest BCUT2D eigenvalue weighted by atomic mass is 9.91. The first-order chi connectivity index (χ1) is 9.85. The van der Waals surface area contributed by atoms with Crippen LogP contribution in [0.1, 0.15) is 59.8 Å². The highest BCUT2D eigenvalue weighted by Gasteiger charge is 2.41. The molecule has 0 aromatic heterocycles. The van der Waals surface area contributed by atoms with Crippen molar-refractivity contribution in [3.05, 3.63) is 0 Å². The minimum absolute atomic E-state index is 0.148. The van der Waals surface area contributed by atoms with Crippen molar-refractivity contribution in [3.63, 3.8) is 0 Å².